The summed E-state index contributed by atoms with van der Waals surface area (Å²) >= 11 is 3.79. The number of rotatable bonds is 43. The zero-order chi connectivity index (χ0) is 38.8. The second-order valence-electron chi connectivity index (χ2n) is 15.3. The van der Waals surface area contributed by atoms with E-state index in [1.54, 1.807) is 6.20 Å². The van der Waals surface area contributed by atoms with Crippen LogP contribution < -0.4 is 0 Å². The third-order valence-electron chi connectivity index (χ3n) is 10.2. The fraction of sp³-hybridized carbons (Fsp3) is 0.889. The molecule has 9 heteroatoms. The molecule has 0 aromatic carbocycles. The van der Waals surface area contributed by atoms with Gasteiger partial charge in [-0.15, -0.1) is 0 Å². The average molecular weight is 796 g/mol. The molecular formula is C45H85N3O4S2. The molecule has 1 aromatic rings. The third kappa shape index (κ3) is 36.4. The summed E-state index contributed by atoms with van der Waals surface area (Å²) in [5, 5.41) is 0. The van der Waals surface area contributed by atoms with Gasteiger partial charge in [0.15, 0.2) is 0 Å². The molecule has 0 saturated carbocycles. The number of thioether (sulfide) groups is 2. The molecule has 0 atom stereocenters. The van der Waals surface area contributed by atoms with Gasteiger partial charge in [-0.3, -0.25) is 9.59 Å². The van der Waals surface area contributed by atoms with Crippen LogP contribution in [0.25, 0.3) is 0 Å². The van der Waals surface area contributed by atoms with E-state index in [-0.39, 0.29) is 11.9 Å². The maximum Gasteiger partial charge on any atom is 0.307 e. The van der Waals surface area contributed by atoms with Crippen LogP contribution in [-0.2, 0) is 25.6 Å². The van der Waals surface area contributed by atoms with Gasteiger partial charge in [-0.1, -0.05) is 155 Å². The van der Waals surface area contributed by atoms with E-state index in [1.807, 2.05) is 36.0 Å². The summed E-state index contributed by atoms with van der Waals surface area (Å²) in [4.78, 5) is 31.4. The van der Waals surface area contributed by atoms with Crippen molar-refractivity contribution in [3.8, 4) is 0 Å². The van der Waals surface area contributed by atoms with Crippen LogP contribution in [-0.4, -0.2) is 82.2 Å². The van der Waals surface area contributed by atoms with Gasteiger partial charge < -0.3 is 18.9 Å². The average Bonchev–Trinajstić information content (AvgIpc) is 3.70. The van der Waals surface area contributed by atoms with Gasteiger partial charge in [-0.2, -0.15) is 23.5 Å². The molecule has 1 aromatic heterocycles. The summed E-state index contributed by atoms with van der Waals surface area (Å²) in [5.74, 6) is 3.75. The standard InChI is InChI=1S/C45H85N3O4S2/c1-3-5-7-9-11-13-15-17-19-21-23-27-39-53-41-37-51-44(49)29-34-47(32-25-26-33-48-36-31-46-43-48)35-30-45(50)52-38-42-54-40-28-24-22-20-18-16-14-12-10-8-6-4-2/h31,36,43H,3-30,32-35,37-42H2,1-2H3. The van der Waals surface area contributed by atoms with Crippen molar-refractivity contribution in [3.63, 3.8) is 0 Å². The zero-order valence-corrected chi connectivity index (χ0v) is 37.0. The highest BCUT2D eigenvalue weighted by Crippen LogP contribution is 2.15. The molecule has 0 fully saturated rings. The van der Waals surface area contributed by atoms with Crippen molar-refractivity contribution in [2.75, 3.05) is 55.9 Å². The van der Waals surface area contributed by atoms with E-state index >= 15 is 0 Å². The molecule has 0 N–H and O–H groups in total. The molecule has 0 aliphatic rings. The fourth-order valence-corrected chi connectivity index (χ4v) is 8.38. The number of carbonyl (C=O) groups excluding carboxylic acids is 2. The first-order valence-corrected chi connectivity index (χ1v) is 25.1. The number of hydrogen-bond donors (Lipinski definition) is 0. The minimum Gasteiger partial charge on any atom is -0.465 e. The minimum absolute atomic E-state index is 0.142. The number of carbonyl (C=O) groups is 2. The smallest absolute Gasteiger partial charge is 0.307 e. The summed E-state index contributed by atoms with van der Waals surface area (Å²) < 4.78 is 13.2. The van der Waals surface area contributed by atoms with E-state index in [4.69, 9.17) is 9.47 Å². The molecular weight excluding hydrogens is 711 g/mol. The quantitative estimate of drug-likeness (QED) is 0.0478. The van der Waals surface area contributed by atoms with E-state index < -0.39 is 0 Å². The Balaban J connectivity index is 2.08. The highest BCUT2D eigenvalue weighted by molar-refractivity contribution is 7.99. The Morgan fingerprint density at radius 3 is 1.31 bits per heavy atom. The maximum atomic E-state index is 12.5. The summed E-state index contributed by atoms with van der Waals surface area (Å²) in [6.07, 6.45) is 41.3. The Morgan fingerprint density at radius 2 is 0.926 bits per heavy atom. The van der Waals surface area contributed by atoms with Gasteiger partial charge in [0.2, 0.25) is 0 Å². The second kappa shape index (κ2) is 41.4. The number of esters is 2. The highest BCUT2D eigenvalue weighted by Gasteiger charge is 2.13. The normalized spacial score (nSPS) is 11.5. The number of unbranched alkanes of at least 4 members (excludes halogenated alkanes) is 23. The van der Waals surface area contributed by atoms with Crippen molar-refractivity contribution in [3.05, 3.63) is 18.7 Å². The van der Waals surface area contributed by atoms with E-state index in [0.717, 1.165) is 48.9 Å². The summed E-state index contributed by atoms with van der Waals surface area (Å²) in [6.45, 7) is 8.51. The molecule has 0 aliphatic carbocycles. The van der Waals surface area contributed by atoms with Gasteiger partial charge in [-0.05, 0) is 43.7 Å². The second-order valence-corrected chi connectivity index (χ2v) is 17.7. The van der Waals surface area contributed by atoms with Crippen LogP contribution in [0.4, 0.5) is 0 Å². The van der Waals surface area contributed by atoms with E-state index in [0.29, 0.717) is 39.1 Å². The number of ether oxygens (including phenoxy) is 2. The maximum absolute atomic E-state index is 12.5. The van der Waals surface area contributed by atoms with Gasteiger partial charge in [0.05, 0.1) is 19.2 Å². The van der Waals surface area contributed by atoms with Crippen molar-refractivity contribution in [1.82, 2.24) is 14.5 Å². The van der Waals surface area contributed by atoms with E-state index in [2.05, 4.69) is 28.3 Å². The zero-order valence-electron chi connectivity index (χ0n) is 35.4. The molecule has 54 heavy (non-hydrogen) atoms. The van der Waals surface area contributed by atoms with E-state index in [1.165, 1.54) is 154 Å². The van der Waals surface area contributed by atoms with Gasteiger partial charge in [-0.25, -0.2) is 4.98 Å². The van der Waals surface area contributed by atoms with E-state index in [9.17, 15) is 9.59 Å². The molecule has 0 bridgehead atoms. The lowest BCUT2D eigenvalue weighted by Crippen LogP contribution is -2.31. The van der Waals surface area contributed by atoms with Crippen LogP contribution >= 0.6 is 23.5 Å². The number of aryl methyl sites for hydroxylation is 1. The van der Waals surface area contributed by atoms with Crippen molar-refractivity contribution in [1.29, 1.82) is 0 Å². The van der Waals surface area contributed by atoms with Gasteiger partial charge in [0, 0.05) is 43.5 Å². The Hall–Kier alpha value is -1.19. The monoisotopic (exact) mass is 796 g/mol. The first-order chi connectivity index (χ1) is 26.7. The van der Waals surface area contributed by atoms with Crippen LogP contribution in [0.15, 0.2) is 18.7 Å². The van der Waals surface area contributed by atoms with Crippen molar-refractivity contribution in [2.24, 2.45) is 0 Å². The number of imidazole rings is 1. The number of nitrogens with zero attached hydrogens (tertiary/aromatic N) is 3. The molecule has 7 nitrogen and oxygen atoms in total. The Bertz CT molecular complexity index is 869. The van der Waals surface area contributed by atoms with Crippen LogP contribution in [0.1, 0.15) is 194 Å². The molecule has 0 unspecified atom stereocenters. The number of hydrogen-bond acceptors (Lipinski definition) is 8. The van der Waals surface area contributed by atoms with Gasteiger partial charge in [0.25, 0.3) is 0 Å². The van der Waals surface area contributed by atoms with Crippen molar-refractivity contribution in [2.45, 2.75) is 200 Å². The first-order valence-electron chi connectivity index (χ1n) is 22.8. The minimum atomic E-state index is -0.142. The molecule has 0 spiro atoms. The first kappa shape index (κ1) is 50.8. The Labute approximate surface area is 342 Å². The topological polar surface area (TPSA) is 73.7 Å². The van der Waals surface area contributed by atoms with Crippen molar-refractivity contribution < 1.29 is 19.1 Å². The van der Waals surface area contributed by atoms with Crippen LogP contribution in [0, 0.1) is 0 Å². The lowest BCUT2D eigenvalue weighted by molar-refractivity contribution is -0.143. The largest absolute Gasteiger partial charge is 0.465 e. The summed E-state index contributed by atoms with van der Waals surface area (Å²) in [7, 11) is 0. The lowest BCUT2D eigenvalue weighted by Gasteiger charge is -2.21. The van der Waals surface area contributed by atoms with Crippen LogP contribution in [0.2, 0.25) is 0 Å². The summed E-state index contributed by atoms with van der Waals surface area (Å²) in [6, 6.07) is 0. The highest BCUT2D eigenvalue weighted by atomic mass is 32.2. The Morgan fingerprint density at radius 1 is 0.519 bits per heavy atom. The molecule has 1 rings (SSSR count). The number of aromatic nitrogens is 2. The fourth-order valence-electron chi connectivity index (χ4n) is 6.75. The molecule has 0 radical (unpaired) electrons. The predicted octanol–water partition coefficient (Wildman–Crippen LogP) is 12.7. The predicted molar refractivity (Wildman–Crippen MR) is 236 cm³/mol. The van der Waals surface area contributed by atoms with Crippen LogP contribution in [0.5, 0.6) is 0 Å². The van der Waals surface area contributed by atoms with Gasteiger partial charge >= 0.3 is 11.9 Å². The summed E-state index contributed by atoms with van der Waals surface area (Å²) in [5.41, 5.74) is 0. The van der Waals surface area contributed by atoms with Crippen molar-refractivity contribution >= 4 is 35.5 Å². The SMILES string of the molecule is CCCCCCCCCCCCCCSCCOC(=O)CCN(CCCCn1ccnc1)CCC(=O)OCCSCCCCCCCCCCCCCC. The molecule has 316 valence electrons. The van der Waals surface area contributed by atoms with Gasteiger partial charge in [0.1, 0.15) is 13.2 Å². The molecule has 0 saturated heterocycles. The molecule has 0 aliphatic heterocycles. The lowest BCUT2D eigenvalue weighted by atomic mass is 10.1. The molecule has 0 amide bonds. The molecule has 1 heterocycles. The van der Waals surface area contributed by atoms with Crippen LogP contribution in [0.3, 0.4) is 0 Å². The Kier molecular flexibility index (Phi) is 39.0. The third-order valence-corrected chi connectivity index (χ3v) is 12.3.